The first-order chi connectivity index (χ1) is 11.3. The third-order valence-electron chi connectivity index (χ3n) is 3.95. The summed E-state index contributed by atoms with van der Waals surface area (Å²) in [6.45, 7) is 2.80. The van der Waals surface area contributed by atoms with E-state index in [9.17, 15) is 0 Å². The summed E-state index contributed by atoms with van der Waals surface area (Å²) in [5.74, 6) is 0.457. The van der Waals surface area contributed by atoms with Gasteiger partial charge in [0.15, 0.2) is 5.96 Å². The number of nitrogens with zero attached hydrogens (tertiary/aromatic N) is 1. The quantitative estimate of drug-likeness (QED) is 0.497. The van der Waals surface area contributed by atoms with E-state index in [1.807, 2.05) is 18.2 Å². The monoisotopic (exact) mass is 306 g/mol. The molecular weight excluding hydrogens is 284 g/mol. The molecule has 0 amide bonds. The minimum atomic E-state index is 0.457. The Labute approximate surface area is 136 Å². The van der Waals surface area contributed by atoms with Gasteiger partial charge in [-0.25, -0.2) is 0 Å². The van der Waals surface area contributed by atoms with Crippen LogP contribution in [0.3, 0.4) is 0 Å². The highest BCUT2D eigenvalue weighted by atomic mass is 15.1. The summed E-state index contributed by atoms with van der Waals surface area (Å²) in [5, 5.41) is 4.41. The van der Waals surface area contributed by atoms with Gasteiger partial charge >= 0.3 is 0 Å². The molecule has 0 saturated heterocycles. The van der Waals surface area contributed by atoms with Crippen LogP contribution < -0.4 is 11.1 Å². The molecule has 2 aromatic carbocycles. The lowest BCUT2D eigenvalue weighted by molar-refractivity contribution is 0.972. The van der Waals surface area contributed by atoms with Crippen LogP contribution in [0.1, 0.15) is 18.1 Å². The first kappa shape index (κ1) is 15.2. The molecule has 23 heavy (non-hydrogen) atoms. The van der Waals surface area contributed by atoms with Crippen molar-refractivity contribution >= 4 is 22.5 Å². The summed E-state index contributed by atoms with van der Waals surface area (Å²) in [6, 6.07) is 16.5. The number of hydrogen-bond acceptors (Lipinski definition) is 1. The van der Waals surface area contributed by atoms with Crippen LogP contribution in [0.5, 0.6) is 0 Å². The Hall–Kier alpha value is -2.75. The number of nitrogens with one attached hydrogen (secondary N) is 2. The average Bonchev–Trinajstić information content (AvgIpc) is 2.98. The Bertz CT molecular complexity index is 817. The number of hydrogen-bond donors (Lipinski definition) is 3. The van der Waals surface area contributed by atoms with E-state index in [-0.39, 0.29) is 0 Å². The summed E-state index contributed by atoms with van der Waals surface area (Å²) in [6.07, 6.45) is 3.92. The van der Waals surface area contributed by atoms with Gasteiger partial charge < -0.3 is 16.0 Å². The zero-order valence-electron chi connectivity index (χ0n) is 13.3. The van der Waals surface area contributed by atoms with Gasteiger partial charge in [0.2, 0.25) is 0 Å². The third kappa shape index (κ3) is 3.72. The standard InChI is InChI=1S/C19H22N4/c1-2-14-6-5-7-16(12-14)23-19(20)21-11-10-15-13-22-18-9-4-3-8-17(15)18/h3-9,12-13,22H,2,10-11H2,1H3,(H3,20,21,23). The maximum atomic E-state index is 5.98. The van der Waals surface area contributed by atoms with Gasteiger partial charge in [0, 0.05) is 29.3 Å². The first-order valence-corrected chi connectivity index (χ1v) is 7.97. The number of guanidine groups is 1. The van der Waals surface area contributed by atoms with Crippen molar-refractivity contribution in [3.05, 3.63) is 65.9 Å². The SMILES string of the molecule is CCc1cccc(NC(N)=NCCc2c[nH]c3ccccc23)c1. The number of nitrogens with two attached hydrogens (primary N) is 1. The van der Waals surface area contributed by atoms with Crippen LogP contribution in [0, 0.1) is 0 Å². The molecule has 1 heterocycles. The van der Waals surface area contributed by atoms with Gasteiger partial charge in [0.25, 0.3) is 0 Å². The smallest absolute Gasteiger partial charge is 0.193 e. The molecular formula is C19H22N4. The summed E-state index contributed by atoms with van der Waals surface area (Å²) >= 11 is 0. The molecule has 4 N–H and O–H groups in total. The molecule has 3 rings (SSSR count). The van der Waals surface area contributed by atoms with E-state index in [1.165, 1.54) is 16.5 Å². The molecule has 0 unspecified atom stereocenters. The molecule has 0 aliphatic rings. The molecule has 0 fully saturated rings. The highest BCUT2D eigenvalue weighted by Gasteiger charge is 2.02. The lowest BCUT2D eigenvalue weighted by atomic mass is 10.1. The molecule has 1 aromatic heterocycles. The van der Waals surface area contributed by atoms with E-state index in [4.69, 9.17) is 5.73 Å². The number of rotatable bonds is 5. The zero-order chi connectivity index (χ0) is 16.1. The predicted molar refractivity (Wildman–Crippen MR) is 97.9 cm³/mol. The molecule has 4 heteroatoms. The molecule has 118 valence electrons. The largest absolute Gasteiger partial charge is 0.370 e. The molecule has 0 aliphatic carbocycles. The molecule has 4 nitrogen and oxygen atoms in total. The van der Waals surface area contributed by atoms with E-state index in [2.05, 4.69) is 58.7 Å². The van der Waals surface area contributed by atoms with Crippen LogP contribution in [0.4, 0.5) is 5.69 Å². The van der Waals surface area contributed by atoms with Crippen molar-refractivity contribution < 1.29 is 0 Å². The van der Waals surface area contributed by atoms with Gasteiger partial charge in [-0.3, -0.25) is 4.99 Å². The molecule has 0 radical (unpaired) electrons. The van der Waals surface area contributed by atoms with E-state index in [0.717, 1.165) is 24.0 Å². The number of H-pyrrole nitrogens is 1. The van der Waals surface area contributed by atoms with Gasteiger partial charge in [0.05, 0.1) is 0 Å². The van der Waals surface area contributed by atoms with Gasteiger partial charge in [-0.1, -0.05) is 37.3 Å². The second-order valence-electron chi connectivity index (χ2n) is 5.56. The number of aryl methyl sites for hydroxylation is 1. The average molecular weight is 306 g/mol. The maximum absolute atomic E-state index is 5.98. The van der Waals surface area contributed by atoms with Crippen molar-refractivity contribution in [2.45, 2.75) is 19.8 Å². The Balaban J connectivity index is 1.61. The Morgan fingerprint density at radius 1 is 1.17 bits per heavy atom. The Kier molecular flexibility index (Phi) is 4.62. The number of para-hydroxylation sites is 1. The van der Waals surface area contributed by atoms with E-state index >= 15 is 0 Å². The van der Waals surface area contributed by atoms with Gasteiger partial charge in [-0.2, -0.15) is 0 Å². The highest BCUT2D eigenvalue weighted by molar-refractivity contribution is 5.92. The number of aromatic nitrogens is 1. The fourth-order valence-corrected chi connectivity index (χ4v) is 2.69. The van der Waals surface area contributed by atoms with Crippen LogP contribution in [-0.4, -0.2) is 17.5 Å². The van der Waals surface area contributed by atoms with Gasteiger partial charge in [-0.05, 0) is 42.2 Å². The summed E-state index contributed by atoms with van der Waals surface area (Å²) in [7, 11) is 0. The molecule has 0 spiro atoms. The number of aromatic amines is 1. The Morgan fingerprint density at radius 3 is 2.91 bits per heavy atom. The number of anilines is 1. The van der Waals surface area contributed by atoms with Crippen molar-refractivity contribution in [2.24, 2.45) is 10.7 Å². The molecule has 0 aliphatic heterocycles. The summed E-state index contributed by atoms with van der Waals surface area (Å²) in [4.78, 5) is 7.71. The fourth-order valence-electron chi connectivity index (χ4n) is 2.69. The van der Waals surface area contributed by atoms with Gasteiger partial charge in [0.1, 0.15) is 0 Å². The van der Waals surface area contributed by atoms with Crippen LogP contribution in [0.15, 0.2) is 59.7 Å². The van der Waals surface area contributed by atoms with Crippen LogP contribution in [-0.2, 0) is 12.8 Å². The second-order valence-corrected chi connectivity index (χ2v) is 5.56. The normalized spacial score (nSPS) is 11.8. The number of aliphatic imine (C=N–C) groups is 1. The lowest BCUT2D eigenvalue weighted by Gasteiger charge is -2.07. The van der Waals surface area contributed by atoms with E-state index in [1.54, 1.807) is 0 Å². The second kappa shape index (κ2) is 7.01. The van der Waals surface area contributed by atoms with Crippen molar-refractivity contribution in [1.29, 1.82) is 0 Å². The van der Waals surface area contributed by atoms with E-state index in [0.29, 0.717) is 12.5 Å². The van der Waals surface area contributed by atoms with Crippen molar-refractivity contribution in [3.8, 4) is 0 Å². The molecule has 0 saturated carbocycles. The highest BCUT2D eigenvalue weighted by Crippen LogP contribution is 2.18. The van der Waals surface area contributed by atoms with E-state index < -0.39 is 0 Å². The molecule has 0 atom stereocenters. The first-order valence-electron chi connectivity index (χ1n) is 7.97. The fraction of sp³-hybridized carbons (Fsp3) is 0.211. The molecule has 0 bridgehead atoms. The van der Waals surface area contributed by atoms with Crippen LogP contribution >= 0.6 is 0 Å². The van der Waals surface area contributed by atoms with Crippen LogP contribution in [0.25, 0.3) is 10.9 Å². The number of benzene rings is 2. The summed E-state index contributed by atoms with van der Waals surface area (Å²) in [5.41, 5.74) is 10.7. The van der Waals surface area contributed by atoms with Gasteiger partial charge in [-0.15, -0.1) is 0 Å². The lowest BCUT2D eigenvalue weighted by Crippen LogP contribution is -2.23. The number of fused-ring (bicyclic) bond motifs is 1. The zero-order valence-corrected chi connectivity index (χ0v) is 13.3. The minimum Gasteiger partial charge on any atom is -0.370 e. The van der Waals surface area contributed by atoms with Crippen molar-refractivity contribution in [2.75, 3.05) is 11.9 Å². The van der Waals surface area contributed by atoms with Crippen molar-refractivity contribution in [1.82, 2.24) is 4.98 Å². The minimum absolute atomic E-state index is 0.457. The Morgan fingerprint density at radius 2 is 2.04 bits per heavy atom. The predicted octanol–water partition coefficient (Wildman–Crippen LogP) is 3.70. The third-order valence-corrected chi connectivity index (χ3v) is 3.95. The van der Waals surface area contributed by atoms with Crippen molar-refractivity contribution in [3.63, 3.8) is 0 Å². The topological polar surface area (TPSA) is 66.2 Å². The summed E-state index contributed by atoms with van der Waals surface area (Å²) < 4.78 is 0. The molecule has 3 aromatic rings. The maximum Gasteiger partial charge on any atom is 0.193 e. The van der Waals surface area contributed by atoms with Crippen LogP contribution in [0.2, 0.25) is 0 Å².